The average molecular weight is 364 g/mol. The third-order valence-electron chi connectivity index (χ3n) is 2.10. The number of rotatable bonds is 6. The van der Waals surface area contributed by atoms with Gasteiger partial charge in [-0.05, 0) is 22.4 Å². The number of hydrogen-bond donors (Lipinski definition) is 1. The van der Waals surface area contributed by atoms with Crippen LogP contribution < -0.4 is 10.1 Å². The normalized spacial score (nSPS) is 12.3. The third-order valence-corrected chi connectivity index (χ3v) is 2.82. The highest BCUT2D eigenvalue weighted by Crippen LogP contribution is 2.36. The van der Waals surface area contributed by atoms with Crippen molar-refractivity contribution in [1.29, 1.82) is 0 Å². The van der Waals surface area contributed by atoms with E-state index in [-0.39, 0.29) is 16.2 Å². The number of halogens is 6. The minimum atomic E-state index is -5.67. The van der Waals surface area contributed by atoms with Crippen molar-refractivity contribution in [2.24, 2.45) is 0 Å². The maximum absolute atomic E-state index is 12.7. The molecule has 1 heterocycles. The van der Waals surface area contributed by atoms with E-state index in [1.165, 1.54) is 0 Å². The maximum atomic E-state index is 12.7. The van der Waals surface area contributed by atoms with E-state index >= 15 is 0 Å². The molecule has 1 aromatic heterocycles. The van der Waals surface area contributed by atoms with Crippen molar-refractivity contribution in [3.8, 4) is 5.88 Å². The monoisotopic (exact) mass is 363 g/mol. The minimum Gasteiger partial charge on any atom is -0.470 e. The van der Waals surface area contributed by atoms with Gasteiger partial charge in [-0.15, -0.1) is 0 Å². The Kier molecular flexibility index (Phi) is 5.49. The van der Waals surface area contributed by atoms with Crippen molar-refractivity contribution < 1.29 is 26.7 Å². The number of alkyl halides is 5. The fourth-order valence-electron chi connectivity index (χ4n) is 1.06. The zero-order chi connectivity index (χ0) is 15.4. The van der Waals surface area contributed by atoms with Crippen LogP contribution >= 0.6 is 15.9 Å². The van der Waals surface area contributed by atoms with Crippen molar-refractivity contribution in [2.45, 2.75) is 25.4 Å². The summed E-state index contributed by atoms with van der Waals surface area (Å²) < 4.78 is 66.0. The Hall–Kier alpha value is -1.19. The first-order valence-corrected chi connectivity index (χ1v) is 6.30. The summed E-state index contributed by atoms with van der Waals surface area (Å²) in [5.74, 6) is -5.08. The molecule has 1 aromatic rings. The molecule has 10 heteroatoms. The number of ether oxygens (including phenoxy) is 1. The van der Waals surface area contributed by atoms with Crippen molar-refractivity contribution in [1.82, 2.24) is 9.97 Å². The van der Waals surface area contributed by atoms with Crippen LogP contribution in [0.5, 0.6) is 5.88 Å². The van der Waals surface area contributed by atoms with Gasteiger partial charge in [-0.3, -0.25) is 0 Å². The molecule has 0 saturated heterocycles. The summed E-state index contributed by atoms with van der Waals surface area (Å²) in [6.45, 7) is 0.594. The molecule has 0 aliphatic heterocycles. The SMILES string of the molecule is CCCNc1ncnc(OCC(F)(F)C(F)(F)F)c1Br. The molecule has 0 radical (unpaired) electrons. The Morgan fingerprint density at radius 1 is 1.25 bits per heavy atom. The predicted octanol–water partition coefficient (Wildman–Crippen LogP) is 3.64. The Labute approximate surface area is 119 Å². The molecular formula is C10H11BrF5N3O. The molecule has 0 fully saturated rings. The summed E-state index contributed by atoms with van der Waals surface area (Å²) in [4.78, 5) is 7.32. The molecule has 0 saturated carbocycles. The van der Waals surface area contributed by atoms with Crippen molar-refractivity contribution in [3.63, 3.8) is 0 Å². The third kappa shape index (κ3) is 4.15. The number of hydrogen-bond acceptors (Lipinski definition) is 4. The molecule has 0 amide bonds. The molecule has 0 atom stereocenters. The van der Waals surface area contributed by atoms with Gasteiger partial charge in [0.2, 0.25) is 5.88 Å². The zero-order valence-corrected chi connectivity index (χ0v) is 11.9. The van der Waals surface area contributed by atoms with Crippen LogP contribution in [0, 0.1) is 0 Å². The summed E-state index contributed by atoms with van der Waals surface area (Å²) in [6.07, 6.45) is -3.89. The fraction of sp³-hybridized carbons (Fsp3) is 0.600. The van der Waals surface area contributed by atoms with Gasteiger partial charge in [-0.25, -0.2) is 9.97 Å². The van der Waals surface area contributed by atoms with Gasteiger partial charge in [-0.2, -0.15) is 22.0 Å². The molecule has 0 spiro atoms. The number of nitrogens with zero attached hydrogens (tertiary/aromatic N) is 2. The molecule has 0 aliphatic carbocycles. The lowest BCUT2D eigenvalue weighted by molar-refractivity contribution is -0.290. The van der Waals surface area contributed by atoms with Gasteiger partial charge in [0.25, 0.3) is 0 Å². The zero-order valence-electron chi connectivity index (χ0n) is 10.3. The highest BCUT2D eigenvalue weighted by atomic mass is 79.9. The number of aromatic nitrogens is 2. The van der Waals surface area contributed by atoms with Crippen LogP contribution in [0.15, 0.2) is 10.8 Å². The second-order valence-electron chi connectivity index (χ2n) is 3.76. The first-order chi connectivity index (χ1) is 9.19. The van der Waals surface area contributed by atoms with Crippen molar-refractivity contribution >= 4 is 21.7 Å². The first-order valence-electron chi connectivity index (χ1n) is 5.50. The quantitative estimate of drug-likeness (QED) is 0.784. The number of nitrogens with one attached hydrogen (secondary N) is 1. The predicted molar refractivity (Wildman–Crippen MR) is 65.0 cm³/mol. The van der Waals surface area contributed by atoms with E-state index in [9.17, 15) is 22.0 Å². The van der Waals surface area contributed by atoms with Gasteiger partial charge in [0.05, 0.1) is 0 Å². The Morgan fingerprint density at radius 3 is 2.45 bits per heavy atom. The van der Waals surface area contributed by atoms with Crippen molar-refractivity contribution in [2.75, 3.05) is 18.5 Å². The first kappa shape index (κ1) is 16.9. The average Bonchev–Trinajstić information content (AvgIpc) is 2.35. The highest BCUT2D eigenvalue weighted by Gasteiger charge is 2.58. The van der Waals surface area contributed by atoms with Crippen LogP contribution in [0.2, 0.25) is 0 Å². The van der Waals surface area contributed by atoms with E-state index < -0.39 is 18.7 Å². The lowest BCUT2D eigenvalue weighted by Crippen LogP contribution is -2.41. The maximum Gasteiger partial charge on any atom is 0.456 e. The molecular weight excluding hydrogens is 353 g/mol. The summed E-state index contributed by atoms with van der Waals surface area (Å²) in [6, 6.07) is 0. The van der Waals surface area contributed by atoms with E-state index in [1.807, 2.05) is 6.92 Å². The molecule has 0 bridgehead atoms. The van der Waals surface area contributed by atoms with Gasteiger partial charge in [-0.1, -0.05) is 6.92 Å². The van der Waals surface area contributed by atoms with Gasteiger partial charge in [0.15, 0.2) is 6.61 Å². The largest absolute Gasteiger partial charge is 0.470 e. The molecule has 20 heavy (non-hydrogen) atoms. The van der Waals surface area contributed by atoms with Crippen LogP contribution in [-0.2, 0) is 0 Å². The van der Waals surface area contributed by atoms with E-state index in [1.54, 1.807) is 0 Å². The summed E-state index contributed by atoms with van der Waals surface area (Å²) in [7, 11) is 0. The summed E-state index contributed by atoms with van der Waals surface area (Å²) in [5.41, 5.74) is 0. The lowest BCUT2D eigenvalue weighted by atomic mass is 10.3. The molecule has 1 N–H and O–H groups in total. The molecule has 0 aromatic carbocycles. The minimum absolute atomic E-state index is 0.0893. The fourth-order valence-corrected chi connectivity index (χ4v) is 1.52. The van der Waals surface area contributed by atoms with Gasteiger partial charge >= 0.3 is 12.1 Å². The van der Waals surface area contributed by atoms with E-state index in [2.05, 4.69) is 36.0 Å². The van der Waals surface area contributed by atoms with Crippen LogP contribution in [0.25, 0.3) is 0 Å². The molecule has 1 rings (SSSR count). The van der Waals surface area contributed by atoms with Crippen LogP contribution in [0.1, 0.15) is 13.3 Å². The van der Waals surface area contributed by atoms with Crippen LogP contribution in [0.3, 0.4) is 0 Å². The van der Waals surface area contributed by atoms with Gasteiger partial charge in [0, 0.05) is 6.54 Å². The van der Waals surface area contributed by atoms with Crippen LogP contribution in [-0.4, -0.2) is 35.2 Å². The standard InChI is InChI=1S/C10H11BrF5N3O/c1-2-3-17-7-6(11)8(19-5-18-7)20-4-9(12,13)10(14,15)16/h5H,2-4H2,1H3,(H,17,18,19). The molecule has 0 unspecified atom stereocenters. The van der Waals surface area contributed by atoms with Crippen molar-refractivity contribution in [3.05, 3.63) is 10.8 Å². The highest BCUT2D eigenvalue weighted by molar-refractivity contribution is 9.10. The smallest absolute Gasteiger partial charge is 0.456 e. The molecule has 0 aliphatic rings. The van der Waals surface area contributed by atoms with E-state index in [4.69, 9.17) is 0 Å². The molecule has 114 valence electrons. The van der Waals surface area contributed by atoms with E-state index in [0.29, 0.717) is 6.54 Å². The lowest BCUT2D eigenvalue weighted by Gasteiger charge is -2.20. The Balaban J connectivity index is 2.79. The second-order valence-corrected chi connectivity index (χ2v) is 4.55. The van der Waals surface area contributed by atoms with Gasteiger partial charge < -0.3 is 10.1 Å². The summed E-state index contributed by atoms with van der Waals surface area (Å²) in [5, 5.41) is 2.84. The van der Waals surface area contributed by atoms with E-state index in [0.717, 1.165) is 12.7 Å². The van der Waals surface area contributed by atoms with Gasteiger partial charge in [0.1, 0.15) is 16.6 Å². The summed E-state index contributed by atoms with van der Waals surface area (Å²) >= 11 is 2.99. The Bertz CT molecular complexity index is 455. The number of anilines is 1. The Morgan fingerprint density at radius 2 is 1.90 bits per heavy atom. The topological polar surface area (TPSA) is 47.0 Å². The molecule has 4 nitrogen and oxygen atoms in total. The van der Waals surface area contributed by atoms with Crippen LogP contribution in [0.4, 0.5) is 27.8 Å². The second kappa shape index (κ2) is 6.51.